The summed E-state index contributed by atoms with van der Waals surface area (Å²) in [6.07, 6.45) is 0. The Morgan fingerprint density at radius 1 is 1.43 bits per heavy atom. The molecule has 0 fully saturated rings. The number of hydrogen-bond acceptors (Lipinski definition) is 2. The maximum atomic E-state index is 13.3. The number of hydrogen-bond donors (Lipinski definition) is 2. The van der Waals surface area contributed by atoms with Crippen molar-refractivity contribution in [3.05, 3.63) is 25.9 Å². The van der Waals surface area contributed by atoms with E-state index < -0.39 is 22.4 Å². The third kappa shape index (κ3) is 1.67. The second-order valence-electron chi connectivity index (χ2n) is 2.35. The van der Waals surface area contributed by atoms with Crippen molar-refractivity contribution in [2.75, 3.05) is 5.73 Å². The molecule has 7 heteroatoms. The van der Waals surface area contributed by atoms with Crippen LogP contribution in [-0.2, 0) is 0 Å². The summed E-state index contributed by atoms with van der Waals surface area (Å²) < 4.78 is 13.3. The minimum atomic E-state index is -1.52. The molecule has 1 aromatic rings. The Morgan fingerprint density at radius 2 is 1.93 bits per heavy atom. The molecule has 0 unspecified atom stereocenters. The molecule has 0 bridgehead atoms. The van der Waals surface area contributed by atoms with Gasteiger partial charge in [-0.2, -0.15) is 0 Å². The molecule has 76 valence electrons. The standard InChI is InChI=1S/C7H3BrCl2FNO2/c8-2-3(9)5(11)1(7(13)14)6(12)4(2)10/h12H2,(H,13,14). The first-order valence-corrected chi connectivity index (χ1v) is 4.77. The van der Waals surface area contributed by atoms with Gasteiger partial charge in [-0.25, -0.2) is 9.18 Å². The van der Waals surface area contributed by atoms with Crippen LogP contribution in [0.1, 0.15) is 10.4 Å². The van der Waals surface area contributed by atoms with Crippen molar-refractivity contribution in [3.63, 3.8) is 0 Å². The van der Waals surface area contributed by atoms with Gasteiger partial charge in [0.2, 0.25) is 0 Å². The molecule has 3 N–H and O–H groups in total. The zero-order chi connectivity index (χ0) is 11.0. The number of nitrogen functional groups attached to an aromatic ring is 1. The van der Waals surface area contributed by atoms with Crippen LogP contribution in [-0.4, -0.2) is 11.1 Å². The Labute approximate surface area is 96.7 Å². The maximum absolute atomic E-state index is 13.3. The third-order valence-electron chi connectivity index (χ3n) is 1.52. The van der Waals surface area contributed by atoms with Crippen molar-refractivity contribution < 1.29 is 14.3 Å². The molecule has 0 aliphatic rings. The Hall–Kier alpha value is -0.520. The van der Waals surface area contributed by atoms with Gasteiger partial charge < -0.3 is 10.8 Å². The molecular formula is C7H3BrCl2FNO2. The fourth-order valence-electron chi connectivity index (χ4n) is 0.858. The van der Waals surface area contributed by atoms with Gasteiger partial charge >= 0.3 is 5.97 Å². The van der Waals surface area contributed by atoms with Crippen LogP contribution in [0.2, 0.25) is 10.0 Å². The van der Waals surface area contributed by atoms with Crippen molar-refractivity contribution in [3.8, 4) is 0 Å². The minimum Gasteiger partial charge on any atom is -0.478 e. The fraction of sp³-hybridized carbons (Fsp3) is 0. The summed E-state index contributed by atoms with van der Waals surface area (Å²) in [6.45, 7) is 0. The van der Waals surface area contributed by atoms with E-state index in [9.17, 15) is 9.18 Å². The molecule has 1 rings (SSSR count). The average molecular weight is 303 g/mol. The van der Waals surface area contributed by atoms with Gasteiger partial charge in [-0.05, 0) is 15.9 Å². The summed E-state index contributed by atoms with van der Waals surface area (Å²) >= 11 is 14.0. The van der Waals surface area contributed by atoms with Crippen LogP contribution in [0.4, 0.5) is 10.1 Å². The summed E-state index contributed by atoms with van der Waals surface area (Å²) in [5.74, 6) is -2.62. The van der Waals surface area contributed by atoms with E-state index in [4.69, 9.17) is 34.0 Å². The molecular weight excluding hydrogens is 300 g/mol. The number of carboxylic acids is 1. The van der Waals surface area contributed by atoms with E-state index in [1.165, 1.54) is 0 Å². The van der Waals surface area contributed by atoms with Crippen molar-refractivity contribution in [1.29, 1.82) is 0 Å². The van der Waals surface area contributed by atoms with E-state index >= 15 is 0 Å². The fourth-order valence-corrected chi connectivity index (χ4v) is 1.67. The highest BCUT2D eigenvalue weighted by Crippen LogP contribution is 2.39. The Morgan fingerprint density at radius 3 is 2.36 bits per heavy atom. The maximum Gasteiger partial charge on any atom is 0.340 e. The molecule has 3 nitrogen and oxygen atoms in total. The summed E-state index contributed by atoms with van der Waals surface area (Å²) in [5, 5.41) is 8.12. The van der Waals surface area contributed by atoms with Gasteiger partial charge in [-0.1, -0.05) is 23.2 Å². The Kier molecular flexibility index (Phi) is 3.24. The molecule has 0 saturated carbocycles. The molecule has 0 aliphatic carbocycles. The topological polar surface area (TPSA) is 63.3 Å². The quantitative estimate of drug-likeness (QED) is 0.476. The van der Waals surface area contributed by atoms with Gasteiger partial charge in [-0.15, -0.1) is 0 Å². The predicted octanol–water partition coefficient (Wildman–Crippen LogP) is 3.18. The van der Waals surface area contributed by atoms with Crippen LogP contribution in [0, 0.1) is 5.82 Å². The van der Waals surface area contributed by atoms with Crippen molar-refractivity contribution in [1.82, 2.24) is 0 Å². The summed E-state index contributed by atoms with van der Waals surface area (Å²) in [4.78, 5) is 10.6. The van der Waals surface area contributed by atoms with Crippen molar-refractivity contribution in [2.24, 2.45) is 0 Å². The number of nitrogens with two attached hydrogens (primary N) is 1. The van der Waals surface area contributed by atoms with Crippen LogP contribution >= 0.6 is 39.1 Å². The number of halogens is 4. The van der Waals surface area contributed by atoms with Crippen LogP contribution < -0.4 is 5.73 Å². The van der Waals surface area contributed by atoms with Gasteiger partial charge in [-0.3, -0.25) is 0 Å². The van der Waals surface area contributed by atoms with Crippen molar-refractivity contribution >= 4 is 50.8 Å². The highest BCUT2D eigenvalue weighted by atomic mass is 79.9. The van der Waals surface area contributed by atoms with E-state index in [0.29, 0.717) is 0 Å². The normalized spacial score (nSPS) is 10.3. The Bertz CT molecular complexity index is 396. The number of anilines is 1. The summed E-state index contributed by atoms with van der Waals surface area (Å²) in [7, 11) is 0. The van der Waals surface area contributed by atoms with Gasteiger partial charge in [0, 0.05) is 0 Å². The van der Waals surface area contributed by atoms with Gasteiger partial charge in [0.05, 0.1) is 20.2 Å². The lowest BCUT2D eigenvalue weighted by atomic mass is 10.1. The van der Waals surface area contributed by atoms with E-state index in [0.717, 1.165) is 0 Å². The van der Waals surface area contributed by atoms with E-state index in [-0.39, 0.29) is 15.2 Å². The smallest absolute Gasteiger partial charge is 0.340 e. The molecule has 0 spiro atoms. The van der Waals surface area contributed by atoms with Gasteiger partial charge in [0.1, 0.15) is 5.56 Å². The predicted molar refractivity (Wildman–Crippen MR) is 55.5 cm³/mol. The van der Waals surface area contributed by atoms with Crippen LogP contribution in [0.15, 0.2) is 4.47 Å². The van der Waals surface area contributed by atoms with Crippen LogP contribution in [0.3, 0.4) is 0 Å². The molecule has 0 atom stereocenters. The van der Waals surface area contributed by atoms with E-state index in [1.807, 2.05) is 0 Å². The molecule has 0 saturated heterocycles. The van der Waals surface area contributed by atoms with E-state index in [1.54, 1.807) is 0 Å². The zero-order valence-electron chi connectivity index (χ0n) is 6.44. The van der Waals surface area contributed by atoms with Crippen LogP contribution in [0.25, 0.3) is 0 Å². The lowest BCUT2D eigenvalue weighted by Gasteiger charge is -2.08. The molecule has 0 aliphatic heterocycles. The first-order valence-electron chi connectivity index (χ1n) is 3.22. The number of carbonyl (C=O) groups is 1. The van der Waals surface area contributed by atoms with Crippen molar-refractivity contribution in [2.45, 2.75) is 0 Å². The largest absolute Gasteiger partial charge is 0.478 e. The molecule has 0 amide bonds. The molecule has 14 heavy (non-hydrogen) atoms. The lowest BCUT2D eigenvalue weighted by Crippen LogP contribution is -2.07. The summed E-state index contributed by atoms with van der Waals surface area (Å²) in [6, 6.07) is 0. The van der Waals surface area contributed by atoms with E-state index in [2.05, 4.69) is 15.9 Å². The number of rotatable bonds is 1. The number of carboxylic acid groups (broad SMARTS) is 1. The zero-order valence-corrected chi connectivity index (χ0v) is 9.54. The second-order valence-corrected chi connectivity index (χ2v) is 3.90. The number of benzene rings is 1. The minimum absolute atomic E-state index is 0.0424. The first kappa shape index (κ1) is 11.6. The first-order chi connectivity index (χ1) is 6.37. The Balaban J connectivity index is 3.68. The SMILES string of the molecule is Nc1c(Cl)c(Br)c(Cl)c(F)c1C(=O)O. The average Bonchev–Trinajstić information content (AvgIpc) is 2.11. The highest BCUT2D eigenvalue weighted by molar-refractivity contribution is 9.10. The number of aromatic carboxylic acids is 1. The molecule has 1 aromatic carbocycles. The molecule has 0 aromatic heterocycles. The molecule has 0 radical (unpaired) electrons. The monoisotopic (exact) mass is 301 g/mol. The third-order valence-corrected chi connectivity index (χ3v) is 3.51. The van der Waals surface area contributed by atoms with Gasteiger partial charge in [0.15, 0.2) is 5.82 Å². The second kappa shape index (κ2) is 3.92. The molecule has 0 heterocycles. The van der Waals surface area contributed by atoms with Gasteiger partial charge in [0.25, 0.3) is 0 Å². The highest BCUT2D eigenvalue weighted by Gasteiger charge is 2.23. The lowest BCUT2D eigenvalue weighted by molar-refractivity contribution is 0.0693. The van der Waals surface area contributed by atoms with Crippen LogP contribution in [0.5, 0.6) is 0 Å². The summed E-state index contributed by atoms with van der Waals surface area (Å²) in [5.41, 5.74) is 4.24.